The predicted molar refractivity (Wildman–Crippen MR) is 92.8 cm³/mol. The highest BCUT2D eigenvalue weighted by molar-refractivity contribution is 6.26. The number of likely N-dealkylation sites (tertiary alicyclic amines) is 1. The maximum atomic E-state index is 12.3. The molecule has 132 valence electrons. The molecule has 3 aliphatic rings. The second-order valence-corrected chi connectivity index (χ2v) is 4.81. The summed E-state index contributed by atoms with van der Waals surface area (Å²) in [6, 6.07) is -0.898. The lowest BCUT2D eigenvalue weighted by atomic mass is 10.0. The third kappa shape index (κ3) is 3.69. The summed E-state index contributed by atoms with van der Waals surface area (Å²) in [5.74, 6) is -1.89. The highest BCUT2D eigenvalue weighted by atomic mass is 16.2. The summed E-state index contributed by atoms with van der Waals surface area (Å²) in [6.45, 7) is 8.00. The van der Waals surface area contributed by atoms with Crippen LogP contribution in [0.3, 0.4) is 0 Å². The minimum Gasteiger partial charge on any atom is -0.295 e. The topological polar surface area (TPSA) is 83.6 Å². The van der Waals surface area contributed by atoms with Gasteiger partial charge in [0.05, 0.1) is 5.57 Å². The molecule has 6 heteroatoms. The van der Waals surface area contributed by atoms with Crippen LogP contribution in [0.5, 0.6) is 0 Å². The van der Waals surface area contributed by atoms with E-state index in [1.54, 1.807) is 18.2 Å². The zero-order chi connectivity index (χ0) is 18.3. The Hall–Kier alpha value is -2.50. The van der Waals surface area contributed by atoms with Gasteiger partial charge in [-0.05, 0) is 18.9 Å². The molecule has 1 unspecified atom stereocenters. The quantitative estimate of drug-likeness (QED) is 0.746. The highest BCUT2D eigenvalue weighted by Gasteiger charge is 2.46. The third-order valence-electron chi connectivity index (χ3n) is 3.57. The normalized spacial score (nSPS) is 22.2. The highest BCUT2D eigenvalue weighted by Crippen LogP contribution is 2.30. The molecule has 1 aliphatic carbocycles. The molecular weight excluding hydrogens is 308 g/mol. The molecule has 2 saturated heterocycles. The van der Waals surface area contributed by atoms with Gasteiger partial charge in [-0.3, -0.25) is 29.4 Å². The second-order valence-electron chi connectivity index (χ2n) is 4.81. The van der Waals surface area contributed by atoms with Gasteiger partial charge in [0.1, 0.15) is 6.04 Å². The molecule has 0 aromatic heterocycles. The molecular formula is C18H26N2O4. The number of imide groups is 2. The average molecular weight is 334 g/mol. The molecule has 6 nitrogen and oxygen atoms in total. The van der Waals surface area contributed by atoms with Crippen LogP contribution in [-0.2, 0) is 19.2 Å². The molecule has 1 atom stereocenters. The summed E-state index contributed by atoms with van der Waals surface area (Å²) in [4.78, 5) is 48.6. The fourth-order valence-electron chi connectivity index (χ4n) is 2.58. The Bertz CT molecular complexity index is 635. The van der Waals surface area contributed by atoms with Crippen LogP contribution in [-0.4, -0.2) is 34.6 Å². The molecule has 1 N–H and O–H groups in total. The number of rotatable bonds is 1. The number of piperidine rings is 1. The number of hydrogen-bond acceptors (Lipinski definition) is 4. The smallest absolute Gasteiger partial charge is 0.262 e. The van der Waals surface area contributed by atoms with Gasteiger partial charge in [-0.2, -0.15) is 0 Å². The number of hydrogen-bond donors (Lipinski definition) is 1. The largest absolute Gasteiger partial charge is 0.295 e. The number of fused-ring (bicyclic) bond motifs is 1. The lowest BCUT2D eigenvalue weighted by Gasteiger charge is -2.27. The summed E-state index contributed by atoms with van der Waals surface area (Å²) < 4.78 is 0. The molecule has 0 bridgehead atoms. The van der Waals surface area contributed by atoms with Crippen molar-refractivity contribution in [1.29, 1.82) is 0 Å². The Morgan fingerprint density at radius 1 is 1.04 bits per heavy atom. The standard InChI is InChI=1S/C14H12N2O4.2C2H6.H2/c17-11-7-6-10(12(18)15-11)16-13(19)8-4-2-1-3-5-9(8)14(16)20;2*1-2;/h1-2,4-5,10H,3,6-7H2,(H,15,17,18);2*1-2H3;1H. The Morgan fingerprint density at radius 3 is 2.29 bits per heavy atom. The average Bonchev–Trinajstić information content (AvgIpc) is 2.79. The van der Waals surface area contributed by atoms with Crippen molar-refractivity contribution < 1.29 is 20.6 Å². The van der Waals surface area contributed by atoms with Crippen LogP contribution in [0.4, 0.5) is 0 Å². The van der Waals surface area contributed by atoms with E-state index in [1.807, 2.05) is 33.8 Å². The molecule has 0 saturated carbocycles. The lowest BCUT2D eigenvalue weighted by molar-refractivity contribution is -0.149. The summed E-state index contributed by atoms with van der Waals surface area (Å²) >= 11 is 0. The fourth-order valence-corrected chi connectivity index (χ4v) is 2.58. The lowest BCUT2D eigenvalue weighted by Crippen LogP contribution is -2.54. The minimum atomic E-state index is -0.898. The van der Waals surface area contributed by atoms with Crippen molar-refractivity contribution in [3.63, 3.8) is 0 Å². The Balaban J connectivity index is 0.00000108. The molecule has 3 rings (SSSR count). The monoisotopic (exact) mass is 334 g/mol. The maximum absolute atomic E-state index is 12.3. The minimum absolute atomic E-state index is 0. The summed E-state index contributed by atoms with van der Waals surface area (Å²) in [5, 5.41) is 2.16. The van der Waals surface area contributed by atoms with Gasteiger partial charge < -0.3 is 0 Å². The number of amides is 4. The van der Waals surface area contributed by atoms with Crippen LogP contribution in [0.1, 0.15) is 48.4 Å². The zero-order valence-corrected chi connectivity index (χ0v) is 14.6. The first-order valence-corrected chi connectivity index (χ1v) is 8.38. The van der Waals surface area contributed by atoms with E-state index >= 15 is 0 Å². The summed E-state index contributed by atoms with van der Waals surface area (Å²) in [5.41, 5.74) is 0.651. The molecule has 24 heavy (non-hydrogen) atoms. The van der Waals surface area contributed by atoms with E-state index in [9.17, 15) is 19.2 Å². The summed E-state index contributed by atoms with van der Waals surface area (Å²) in [6.07, 6.45) is 7.71. The zero-order valence-electron chi connectivity index (χ0n) is 14.6. The molecule has 4 amide bonds. The van der Waals surface area contributed by atoms with Gasteiger partial charge >= 0.3 is 0 Å². The van der Waals surface area contributed by atoms with Crippen molar-refractivity contribution in [2.45, 2.75) is 53.0 Å². The van der Waals surface area contributed by atoms with Gasteiger partial charge in [0, 0.05) is 13.4 Å². The number of carbonyl (C=O) groups is 4. The number of carbonyl (C=O) groups excluding carboxylic acids is 4. The van der Waals surface area contributed by atoms with Crippen molar-refractivity contribution in [3.05, 3.63) is 35.5 Å². The van der Waals surface area contributed by atoms with Crippen LogP contribution in [0.2, 0.25) is 0 Å². The molecule has 2 heterocycles. The molecule has 0 radical (unpaired) electrons. The van der Waals surface area contributed by atoms with Crippen molar-refractivity contribution in [2.24, 2.45) is 0 Å². The first-order chi connectivity index (χ1) is 11.6. The van der Waals surface area contributed by atoms with Gasteiger partial charge in [0.2, 0.25) is 11.8 Å². The van der Waals surface area contributed by atoms with E-state index in [1.165, 1.54) is 0 Å². The van der Waals surface area contributed by atoms with Crippen LogP contribution >= 0.6 is 0 Å². The van der Waals surface area contributed by atoms with Gasteiger partial charge in [0.15, 0.2) is 0 Å². The van der Waals surface area contributed by atoms with E-state index < -0.39 is 23.8 Å². The second kappa shape index (κ2) is 8.96. The first-order valence-electron chi connectivity index (χ1n) is 8.38. The summed E-state index contributed by atoms with van der Waals surface area (Å²) in [7, 11) is 0. The van der Waals surface area contributed by atoms with Crippen molar-refractivity contribution in [1.82, 2.24) is 10.2 Å². The molecule has 0 aromatic rings. The van der Waals surface area contributed by atoms with Gasteiger partial charge in [-0.25, -0.2) is 0 Å². The van der Waals surface area contributed by atoms with Crippen LogP contribution in [0, 0.1) is 0 Å². The van der Waals surface area contributed by atoms with Crippen LogP contribution < -0.4 is 5.32 Å². The van der Waals surface area contributed by atoms with E-state index in [4.69, 9.17) is 0 Å². The molecule has 0 spiro atoms. The van der Waals surface area contributed by atoms with E-state index in [2.05, 4.69) is 5.32 Å². The van der Waals surface area contributed by atoms with Gasteiger partial charge in [-0.15, -0.1) is 0 Å². The Morgan fingerprint density at radius 2 is 1.67 bits per heavy atom. The van der Waals surface area contributed by atoms with Crippen LogP contribution in [0.15, 0.2) is 35.5 Å². The van der Waals surface area contributed by atoms with Crippen LogP contribution in [0.25, 0.3) is 0 Å². The first kappa shape index (κ1) is 19.5. The number of nitrogens with one attached hydrogen (secondary N) is 1. The number of nitrogens with zero attached hydrogens (tertiary/aromatic N) is 1. The Kier molecular flexibility index (Phi) is 7.30. The van der Waals surface area contributed by atoms with Crippen molar-refractivity contribution >= 4 is 23.6 Å². The van der Waals surface area contributed by atoms with E-state index in [0.717, 1.165) is 4.90 Å². The third-order valence-corrected chi connectivity index (χ3v) is 3.57. The van der Waals surface area contributed by atoms with E-state index in [-0.39, 0.29) is 20.2 Å². The number of allylic oxidation sites excluding steroid dienone is 4. The van der Waals surface area contributed by atoms with E-state index in [0.29, 0.717) is 17.6 Å². The SMILES string of the molecule is CC.CC.O=C1CCC(N2C(=O)C3=CC=CCC=C3C2=O)C(=O)N1.[HH]. The van der Waals surface area contributed by atoms with Crippen molar-refractivity contribution in [2.75, 3.05) is 0 Å². The molecule has 2 fully saturated rings. The molecule has 0 aromatic carbocycles. The molecule has 2 aliphatic heterocycles. The van der Waals surface area contributed by atoms with Gasteiger partial charge in [-0.1, -0.05) is 45.9 Å². The van der Waals surface area contributed by atoms with Gasteiger partial charge in [0.25, 0.3) is 11.8 Å². The predicted octanol–water partition coefficient (Wildman–Crippen LogP) is 2.27. The Labute approximate surface area is 143 Å². The maximum Gasteiger partial charge on any atom is 0.262 e. The fraction of sp³-hybridized carbons (Fsp3) is 0.444. The van der Waals surface area contributed by atoms with Crippen molar-refractivity contribution in [3.8, 4) is 0 Å².